The Kier molecular flexibility index (Phi) is 8.87. The van der Waals surface area contributed by atoms with Crippen LogP contribution in [0.1, 0.15) is 54.9 Å². The lowest BCUT2D eigenvalue weighted by Crippen LogP contribution is -2.42. The molecule has 33 heavy (non-hydrogen) atoms. The van der Waals surface area contributed by atoms with E-state index < -0.39 is 5.97 Å². The molecule has 2 amide bonds. The van der Waals surface area contributed by atoms with E-state index in [-0.39, 0.29) is 36.4 Å². The molecule has 2 atom stereocenters. The maximum atomic E-state index is 12.6. The van der Waals surface area contributed by atoms with E-state index in [0.29, 0.717) is 18.0 Å². The van der Waals surface area contributed by atoms with Gasteiger partial charge in [0.2, 0.25) is 5.91 Å². The Labute approximate surface area is 194 Å². The van der Waals surface area contributed by atoms with Crippen LogP contribution in [0.25, 0.3) is 0 Å². The van der Waals surface area contributed by atoms with Crippen molar-refractivity contribution in [3.63, 3.8) is 0 Å². The lowest BCUT2D eigenvalue weighted by molar-refractivity contribution is -0.125. The minimum Gasteiger partial charge on any atom is -0.497 e. The smallest absolute Gasteiger partial charge is 0.340 e. The molecule has 176 valence electrons. The summed E-state index contributed by atoms with van der Waals surface area (Å²) in [6, 6.07) is 14.3. The number of carbonyl (C=O) groups is 3. The van der Waals surface area contributed by atoms with Crippen molar-refractivity contribution in [3.8, 4) is 5.75 Å². The fourth-order valence-electron chi connectivity index (χ4n) is 4.02. The molecule has 7 nitrogen and oxygen atoms in total. The number of anilines is 1. The Balaban J connectivity index is 1.50. The maximum absolute atomic E-state index is 12.6. The molecule has 7 heteroatoms. The number of ether oxygens (including phenoxy) is 2. The summed E-state index contributed by atoms with van der Waals surface area (Å²) in [7, 11) is 1.61. The topological polar surface area (TPSA) is 93.7 Å². The standard InChI is InChI=1S/C26H32N2O5/c1-18-7-3-5-9-22(18)27-25(30)17-33-26(31)21-8-4-6-10-23(21)28-24(29)16-13-19-11-14-20(32-2)15-12-19/h4,6,8,10-12,14-15,18,22H,3,5,7,9,13,16-17H2,1-2H3,(H,27,30)(H,28,29). The highest BCUT2D eigenvalue weighted by atomic mass is 16.5. The number of amides is 2. The highest BCUT2D eigenvalue weighted by Gasteiger charge is 2.23. The average molecular weight is 453 g/mol. The first-order chi connectivity index (χ1) is 16.0. The van der Waals surface area contributed by atoms with E-state index in [0.717, 1.165) is 30.6 Å². The molecule has 1 aliphatic rings. The molecule has 0 saturated heterocycles. The molecule has 2 unspecified atom stereocenters. The maximum Gasteiger partial charge on any atom is 0.340 e. The summed E-state index contributed by atoms with van der Waals surface area (Å²) < 4.78 is 10.4. The summed E-state index contributed by atoms with van der Waals surface area (Å²) in [5, 5.41) is 5.75. The molecule has 0 bridgehead atoms. The van der Waals surface area contributed by atoms with Crippen LogP contribution in [0.2, 0.25) is 0 Å². The van der Waals surface area contributed by atoms with Gasteiger partial charge in [0.25, 0.3) is 5.91 Å². The molecular weight excluding hydrogens is 420 g/mol. The van der Waals surface area contributed by atoms with Crippen LogP contribution in [0, 0.1) is 5.92 Å². The van der Waals surface area contributed by atoms with Gasteiger partial charge in [-0.3, -0.25) is 9.59 Å². The van der Waals surface area contributed by atoms with Gasteiger partial charge in [0, 0.05) is 12.5 Å². The van der Waals surface area contributed by atoms with Crippen LogP contribution in [0.15, 0.2) is 48.5 Å². The van der Waals surface area contributed by atoms with Crippen LogP contribution in [-0.4, -0.2) is 37.5 Å². The number of hydrogen-bond donors (Lipinski definition) is 2. The number of esters is 1. The molecule has 3 rings (SSSR count). The van der Waals surface area contributed by atoms with Crippen molar-refractivity contribution < 1.29 is 23.9 Å². The second-order valence-corrected chi connectivity index (χ2v) is 8.45. The number of benzene rings is 2. The van der Waals surface area contributed by atoms with Crippen molar-refractivity contribution in [3.05, 3.63) is 59.7 Å². The lowest BCUT2D eigenvalue weighted by atomic mass is 9.86. The number of aryl methyl sites for hydroxylation is 1. The third kappa shape index (κ3) is 7.34. The number of hydrogen-bond acceptors (Lipinski definition) is 5. The van der Waals surface area contributed by atoms with Gasteiger partial charge in [-0.1, -0.05) is 44.0 Å². The zero-order valence-electron chi connectivity index (χ0n) is 19.3. The second kappa shape index (κ2) is 12.0. The van der Waals surface area contributed by atoms with Crippen LogP contribution in [0.5, 0.6) is 5.75 Å². The second-order valence-electron chi connectivity index (χ2n) is 8.45. The zero-order chi connectivity index (χ0) is 23.6. The highest BCUT2D eigenvalue weighted by Crippen LogP contribution is 2.23. The number of para-hydroxylation sites is 1. The number of rotatable bonds is 9. The third-order valence-corrected chi connectivity index (χ3v) is 6.01. The summed E-state index contributed by atoms with van der Waals surface area (Å²) in [6.45, 7) is 1.78. The highest BCUT2D eigenvalue weighted by molar-refractivity contribution is 6.01. The minimum atomic E-state index is -0.645. The van der Waals surface area contributed by atoms with E-state index in [9.17, 15) is 14.4 Å². The quantitative estimate of drug-likeness (QED) is 0.558. The van der Waals surface area contributed by atoms with Gasteiger partial charge in [-0.05, 0) is 55.0 Å². The van der Waals surface area contributed by atoms with Crippen LogP contribution >= 0.6 is 0 Å². The fourth-order valence-corrected chi connectivity index (χ4v) is 4.02. The monoisotopic (exact) mass is 452 g/mol. The summed E-state index contributed by atoms with van der Waals surface area (Å²) in [4.78, 5) is 37.3. The number of methoxy groups -OCH3 is 1. The van der Waals surface area contributed by atoms with Gasteiger partial charge in [0.05, 0.1) is 18.4 Å². The molecule has 2 N–H and O–H groups in total. The summed E-state index contributed by atoms with van der Waals surface area (Å²) in [5.74, 6) is 0.0240. The number of nitrogens with one attached hydrogen (secondary N) is 2. The normalized spacial score (nSPS) is 17.6. The molecule has 2 aromatic rings. The molecule has 0 aromatic heterocycles. The zero-order valence-corrected chi connectivity index (χ0v) is 19.3. The Morgan fingerprint density at radius 1 is 0.970 bits per heavy atom. The van der Waals surface area contributed by atoms with Gasteiger partial charge in [-0.2, -0.15) is 0 Å². The predicted octanol–water partition coefficient (Wildman–Crippen LogP) is 4.12. The van der Waals surface area contributed by atoms with E-state index in [1.807, 2.05) is 24.3 Å². The molecule has 2 aromatic carbocycles. The van der Waals surface area contributed by atoms with Crippen LogP contribution in [-0.2, 0) is 20.7 Å². The molecule has 0 heterocycles. The third-order valence-electron chi connectivity index (χ3n) is 6.01. The molecule has 0 aliphatic heterocycles. The first-order valence-corrected chi connectivity index (χ1v) is 11.4. The van der Waals surface area contributed by atoms with E-state index >= 15 is 0 Å². The molecule has 1 saturated carbocycles. The van der Waals surface area contributed by atoms with Crippen molar-refractivity contribution in [1.29, 1.82) is 0 Å². The van der Waals surface area contributed by atoms with E-state index in [1.54, 1.807) is 31.4 Å². The SMILES string of the molecule is COc1ccc(CCC(=O)Nc2ccccc2C(=O)OCC(=O)NC2CCCCC2C)cc1. The van der Waals surface area contributed by atoms with Gasteiger partial charge in [0.1, 0.15) is 5.75 Å². The van der Waals surface area contributed by atoms with E-state index in [1.165, 1.54) is 6.42 Å². The van der Waals surface area contributed by atoms with Crippen molar-refractivity contribution in [1.82, 2.24) is 5.32 Å². The van der Waals surface area contributed by atoms with Gasteiger partial charge in [-0.15, -0.1) is 0 Å². The van der Waals surface area contributed by atoms with Gasteiger partial charge >= 0.3 is 5.97 Å². The Morgan fingerprint density at radius 3 is 2.42 bits per heavy atom. The van der Waals surface area contributed by atoms with E-state index in [2.05, 4.69) is 17.6 Å². The van der Waals surface area contributed by atoms with Crippen molar-refractivity contribution in [2.75, 3.05) is 19.0 Å². The molecule has 1 aliphatic carbocycles. The molecular formula is C26H32N2O5. The Morgan fingerprint density at radius 2 is 1.70 bits per heavy atom. The summed E-state index contributed by atoms with van der Waals surface area (Å²) >= 11 is 0. The minimum absolute atomic E-state index is 0.127. The van der Waals surface area contributed by atoms with Gasteiger partial charge in [0.15, 0.2) is 6.61 Å². The van der Waals surface area contributed by atoms with Crippen molar-refractivity contribution in [2.24, 2.45) is 5.92 Å². The predicted molar refractivity (Wildman–Crippen MR) is 126 cm³/mol. The van der Waals surface area contributed by atoms with Gasteiger partial charge in [-0.25, -0.2) is 4.79 Å². The first-order valence-electron chi connectivity index (χ1n) is 11.4. The number of carbonyl (C=O) groups excluding carboxylic acids is 3. The first kappa shape index (κ1) is 24.3. The Hall–Kier alpha value is -3.35. The van der Waals surface area contributed by atoms with Crippen LogP contribution in [0.3, 0.4) is 0 Å². The Bertz CT molecular complexity index is 957. The average Bonchev–Trinajstić information content (AvgIpc) is 2.83. The molecule has 0 spiro atoms. The van der Waals surface area contributed by atoms with Crippen molar-refractivity contribution in [2.45, 2.75) is 51.5 Å². The van der Waals surface area contributed by atoms with Crippen LogP contribution in [0.4, 0.5) is 5.69 Å². The van der Waals surface area contributed by atoms with E-state index in [4.69, 9.17) is 9.47 Å². The lowest BCUT2D eigenvalue weighted by Gasteiger charge is -2.29. The molecule has 1 fully saturated rings. The summed E-state index contributed by atoms with van der Waals surface area (Å²) in [6.07, 6.45) is 5.15. The summed E-state index contributed by atoms with van der Waals surface area (Å²) in [5.41, 5.74) is 1.59. The van der Waals surface area contributed by atoms with Gasteiger partial charge < -0.3 is 20.1 Å². The largest absolute Gasteiger partial charge is 0.497 e. The fraction of sp³-hybridized carbons (Fsp3) is 0.423. The molecule has 0 radical (unpaired) electrons. The van der Waals surface area contributed by atoms with Crippen molar-refractivity contribution >= 4 is 23.5 Å². The van der Waals surface area contributed by atoms with Crippen LogP contribution < -0.4 is 15.4 Å².